The molecule has 0 aliphatic carbocycles. The third kappa shape index (κ3) is 10.5. The van der Waals surface area contributed by atoms with Gasteiger partial charge in [0.25, 0.3) is 0 Å². The number of esters is 4. The molecule has 10 atom stereocenters. The Kier molecular flexibility index (Phi) is 14.9. The minimum atomic E-state index is -1.69. The largest absolute Gasteiger partial charge is 0.467 e. The van der Waals surface area contributed by atoms with Crippen LogP contribution in [0.25, 0.3) is 10.4 Å². The van der Waals surface area contributed by atoms with Gasteiger partial charge < -0.3 is 46.8 Å². The molecule has 0 aromatic heterocycles. The highest BCUT2D eigenvalue weighted by molar-refractivity contribution is 8.15. The van der Waals surface area contributed by atoms with Crippen LogP contribution in [0.4, 0.5) is 0 Å². The topological polar surface area (TPSA) is 233 Å². The molecule has 0 amide bonds. The lowest BCUT2D eigenvalue weighted by Gasteiger charge is -2.48. The number of benzene rings is 1. The maximum absolute atomic E-state index is 13.2. The van der Waals surface area contributed by atoms with Crippen molar-refractivity contribution in [3.05, 3.63) is 46.3 Å². The molecule has 10 unspecified atom stereocenters. The molecule has 1 aromatic rings. The van der Waals surface area contributed by atoms with Crippen molar-refractivity contribution in [2.24, 2.45) is 5.11 Å². The molecule has 0 saturated carbocycles. The smallest absolute Gasteiger partial charge is 0.338 e. The van der Waals surface area contributed by atoms with E-state index >= 15 is 0 Å². The van der Waals surface area contributed by atoms with Crippen LogP contribution in [-0.2, 0) is 72.6 Å². The molecule has 18 nitrogen and oxygen atoms in total. The summed E-state index contributed by atoms with van der Waals surface area (Å²) >= 11 is 0.389. The van der Waals surface area contributed by atoms with Gasteiger partial charge in [-0.25, -0.2) is 4.79 Å². The fourth-order valence-corrected chi connectivity index (χ4v) is 5.35. The summed E-state index contributed by atoms with van der Waals surface area (Å²) in [6, 6.07) is 7.31. The first-order valence-electron chi connectivity index (χ1n) is 14.4. The van der Waals surface area contributed by atoms with Crippen LogP contribution in [-0.4, -0.2) is 112 Å². The van der Waals surface area contributed by atoms with Gasteiger partial charge in [0.05, 0.1) is 13.7 Å². The van der Waals surface area contributed by atoms with Gasteiger partial charge in [-0.2, -0.15) is 0 Å². The molecule has 2 aliphatic rings. The third-order valence-corrected chi connectivity index (χ3v) is 7.15. The Morgan fingerprint density at radius 2 is 1.58 bits per heavy atom. The zero-order chi connectivity index (χ0) is 35.4. The van der Waals surface area contributed by atoms with Crippen molar-refractivity contribution < 1.29 is 66.0 Å². The maximum atomic E-state index is 13.2. The van der Waals surface area contributed by atoms with E-state index in [-0.39, 0.29) is 12.5 Å². The first-order valence-corrected chi connectivity index (χ1v) is 15.2. The van der Waals surface area contributed by atoms with Gasteiger partial charge in [-0.3, -0.25) is 19.8 Å². The van der Waals surface area contributed by atoms with Crippen LogP contribution in [0.1, 0.15) is 33.3 Å². The fraction of sp³-hybridized carbons (Fsp3) is 0.607. The number of hydrogen-bond acceptors (Lipinski definition) is 17. The quantitative estimate of drug-likeness (QED) is 0.0337. The molecular weight excluding hydrogens is 659 g/mol. The van der Waals surface area contributed by atoms with Crippen LogP contribution in [0.2, 0.25) is 0 Å². The Morgan fingerprint density at radius 1 is 0.917 bits per heavy atom. The second-order valence-corrected chi connectivity index (χ2v) is 10.7. The molecular formula is C28H35BN4O14S. The summed E-state index contributed by atoms with van der Waals surface area (Å²) in [6.45, 7) is 4.09. The summed E-state index contributed by atoms with van der Waals surface area (Å²) in [5.41, 5.74) is 10.2. The highest BCUT2D eigenvalue weighted by Gasteiger charge is 2.57. The van der Waals surface area contributed by atoms with E-state index in [1.54, 1.807) is 30.3 Å². The highest BCUT2D eigenvalue weighted by atomic mass is 32.2. The highest BCUT2D eigenvalue weighted by Crippen LogP contribution is 2.36. The van der Waals surface area contributed by atoms with Crippen LogP contribution in [0.15, 0.2) is 35.4 Å². The lowest BCUT2D eigenvalue weighted by atomic mass is 9.95. The third-order valence-electron chi connectivity index (χ3n) is 6.82. The lowest BCUT2D eigenvalue weighted by molar-refractivity contribution is -0.337. The molecule has 1 N–H and O–H groups in total. The Bertz CT molecular complexity index is 1340. The number of nitrogens with one attached hydrogen (secondary N) is 1. The van der Waals surface area contributed by atoms with Gasteiger partial charge in [-0.15, -0.1) is 0 Å². The van der Waals surface area contributed by atoms with E-state index in [0.717, 1.165) is 27.9 Å². The van der Waals surface area contributed by atoms with Gasteiger partial charge in [-0.05, 0) is 11.1 Å². The summed E-state index contributed by atoms with van der Waals surface area (Å²) < 4.78 is 56.6. The Morgan fingerprint density at radius 3 is 2.15 bits per heavy atom. The SMILES string of the molecule is [B]SOC1C(COC(C)=O)OC(OC2C(C(=O)OC)OC(OC(C)=N)C(OC(C)=O)C2OCc2ccccc2)C(N=[N+]=[N-])C1OC(C)=O. The summed E-state index contributed by atoms with van der Waals surface area (Å²) in [5, 5.41) is 11.6. The normalized spacial score (nSPS) is 29.8. The molecule has 1 aromatic carbocycles. The van der Waals surface area contributed by atoms with E-state index < -0.39 is 91.8 Å². The standard InChI is InChI=1S/C28H35BN4O14S/c1-13(30)41-28-25(43-16(4)36)22(40-11-17-9-7-6-8-10-17)23(24(46-28)26(37)38-5)45-27-19(32-33-31)21(42-15(3)35)20(47-48-29)18(44-27)12-39-14(2)34/h6-10,18-25,27-28,30H,11-12H2,1-5H3. The molecule has 2 heterocycles. The van der Waals surface area contributed by atoms with Crippen LogP contribution >= 0.6 is 11.9 Å². The lowest BCUT2D eigenvalue weighted by Crippen LogP contribution is -2.66. The van der Waals surface area contributed by atoms with Gasteiger partial charge >= 0.3 is 23.9 Å². The zero-order valence-electron chi connectivity index (χ0n) is 26.6. The Labute approximate surface area is 280 Å². The predicted octanol–water partition coefficient (Wildman–Crippen LogP) is 1.82. The Balaban J connectivity index is 2.15. The minimum Gasteiger partial charge on any atom is -0.467 e. The number of carbonyl (C=O) groups excluding carboxylic acids is 4. The molecule has 2 aliphatic heterocycles. The number of ether oxygens (including phenoxy) is 9. The number of carbonyl (C=O) groups is 4. The molecule has 2 fully saturated rings. The van der Waals surface area contributed by atoms with Gasteiger partial charge in [-0.1, -0.05) is 47.3 Å². The van der Waals surface area contributed by atoms with Gasteiger partial charge in [0.2, 0.25) is 13.4 Å². The van der Waals surface area contributed by atoms with Crippen molar-refractivity contribution in [2.75, 3.05) is 13.7 Å². The number of nitrogens with zero attached hydrogens (tertiary/aromatic N) is 3. The summed E-state index contributed by atoms with van der Waals surface area (Å²) in [7, 11) is 6.63. The van der Waals surface area contributed by atoms with Crippen molar-refractivity contribution in [3.63, 3.8) is 0 Å². The molecule has 3 rings (SSSR count). The van der Waals surface area contributed by atoms with Crippen molar-refractivity contribution in [3.8, 4) is 0 Å². The molecule has 2 radical (unpaired) electrons. The van der Waals surface area contributed by atoms with Gasteiger partial charge in [0.15, 0.2) is 24.4 Å². The summed E-state index contributed by atoms with van der Waals surface area (Å²) in [5.74, 6) is -3.62. The number of azide groups is 1. The second-order valence-electron chi connectivity index (χ2n) is 10.3. The molecule has 48 heavy (non-hydrogen) atoms. The monoisotopic (exact) mass is 694 g/mol. The van der Waals surface area contributed by atoms with Crippen LogP contribution in [0.3, 0.4) is 0 Å². The van der Waals surface area contributed by atoms with Crippen LogP contribution in [0, 0.1) is 5.41 Å². The van der Waals surface area contributed by atoms with Crippen LogP contribution in [0.5, 0.6) is 0 Å². The Hall–Kier alpha value is -3.91. The van der Waals surface area contributed by atoms with E-state index in [4.69, 9.17) is 59.3 Å². The first-order chi connectivity index (χ1) is 22.9. The summed E-state index contributed by atoms with van der Waals surface area (Å²) in [6.07, 6.45) is -13.3. The second kappa shape index (κ2) is 18.6. The minimum absolute atomic E-state index is 0.104. The van der Waals surface area contributed by atoms with Crippen LogP contribution < -0.4 is 0 Å². The molecule has 20 heteroatoms. The fourth-order valence-electron chi connectivity index (χ4n) is 4.99. The molecule has 0 spiro atoms. The molecule has 0 bridgehead atoms. The van der Waals surface area contributed by atoms with Crippen molar-refractivity contribution >= 4 is 48.8 Å². The van der Waals surface area contributed by atoms with Crippen molar-refractivity contribution in [1.82, 2.24) is 0 Å². The average Bonchev–Trinajstić information content (AvgIpc) is 3.03. The van der Waals surface area contributed by atoms with E-state index in [1.165, 1.54) is 6.92 Å². The number of hydrogen-bond donors (Lipinski definition) is 1. The number of methoxy groups -OCH3 is 1. The first kappa shape index (κ1) is 38.5. The molecule has 2 saturated heterocycles. The molecule has 260 valence electrons. The van der Waals surface area contributed by atoms with Gasteiger partial charge in [0.1, 0.15) is 43.2 Å². The average molecular weight is 694 g/mol. The predicted molar refractivity (Wildman–Crippen MR) is 163 cm³/mol. The van der Waals surface area contributed by atoms with Crippen molar-refractivity contribution in [2.45, 2.75) is 95.7 Å². The van der Waals surface area contributed by atoms with Gasteiger partial charge in [0, 0.05) is 32.6 Å². The summed E-state index contributed by atoms with van der Waals surface area (Å²) in [4.78, 5) is 52.3. The van der Waals surface area contributed by atoms with E-state index in [9.17, 15) is 24.7 Å². The number of rotatable bonds is 14. The van der Waals surface area contributed by atoms with E-state index in [1.807, 2.05) is 0 Å². The van der Waals surface area contributed by atoms with Crippen molar-refractivity contribution in [1.29, 1.82) is 5.41 Å². The van der Waals surface area contributed by atoms with E-state index in [0.29, 0.717) is 17.5 Å². The maximum Gasteiger partial charge on any atom is 0.338 e. The van der Waals surface area contributed by atoms with E-state index in [2.05, 4.69) is 10.0 Å². The zero-order valence-corrected chi connectivity index (χ0v) is 27.4.